The molecule has 0 aromatic heterocycles. The average molecular weight is 276 g/mol. The van der Waals surface area contributed by atoms with Crippen molar-refractivity contribution >= 4 is 11.6 Å². The van der Waals surface area contributed by atoms with E-state index in [4.69, 9.17) is 4.74 Å². The van der Waals surface area contributed by atoms with Crippen molar-refractivity contribution in [3.8, 4) is 0 Å². The van der Waals surface area contributed by atoms with E-state index in [9.17, 15) is 4.79 Å². The lowest BCUT2D eigenvalue weighted by atomic mass is 10.0. The molecule has 1 atom stereocenters. The summed E-state index contributed by atoms with van der Waals surface area (Å²) in [5.41, 5.74) is 2.04. The molecule has 1 aliphatic heterocycles. The predicted octanol–water partition coefficient (Wildman–Crippen LogP) is 2.69. The number of rotatable bonds is 6. The van der Waals surface area contributed by atoms with Gasteiger partial charge in [-0.1, -0.05) is 12.1 Å². The van der Waals surface area contributed by atoms with Crippen molar-refractivity contribution in [2.75, 3.05) is 19.0 Å². The molecule has 4 heteroatoms. The molecule has 0 saturated carbocycles. The van der Waals surface area contributed by atoms with E-state index >= 15 is 0 Å². The van der Waals surface area contributed by atoms with E-state index in [-0.39, 0.29) is 12.0 Å². The Morgan fingerprint density at radius 3 is 3.05 bits per heavy atom. The second kappa shape index (κ2) is 8.02. The van der Waals surface area contributed by atoms with Crippen molar-refractivity contribution in [2.45, 2.75) is 44.8 Å². The van der Waals surface area contributed by atoms with Gasteiger partial charge in [0, 0.05) is 25.3 Å². The van der Waals surface area contributed by atoms with Gasteiger partial charge in [0.25, 0.3) is 0 Å². The molecule has 110 valence electrons. The van der Waals surface area contributed by atoms with E-state index in [1.165, 1.54) is 12.0 Å². The first-order valence-electron chi connectivity index (χ1n) is 7.43. The van der Waals surface area contributed by atoms with Crippen molar-refractivity contribution in [1.82, 2.24) is 5.32 Å². The van der Waals surface area contributed by atoms with Crippen LogP contribution in [0.2, 0.25) is 0 Å². The Morgan fingerprint density at radius 2 is 2.30 bits per heavy atom. The summed E-state index contributed by atoms with van der Waals surface area (Å²) in [6.07, 6.45) is 5.08. The van der Waals surface area contributed by atoms with Gasteiger partial charge in [0.05, 0.1) is 6.10 Å². The van der Waals surface area contributed by atoms with Gasteiger partial charge in [0.1, 0.15) is 0 Å². The minimum Gasteiger partial charge on any atom is -0.378 e. The standard InChI is InChI=1S/C16H24N2O2/c1-17-12-13-5-4-6-14(11-13)18-16(19)9-8-15-7-2-3-10-20-15/h4-6,11,15,17H,2-3,7-10,12H2,1H3,(H,18,19)/t15-/m1/s1. The summed E-state index contributed by atoms with van der Waals surface area (Å²) in [6, 6.07) is 7.94. The van der Waals surface area contributed by atoms with Crippen molar-refractivity contribution in [3.05, 3.63) is 29.8 Å². The lowest BCUT2D eigenvalue weighted by Gasteiger charge is -2.22. The van der Waals surface area contributed by atoms with Crippen LogP contribution in [0.15, 0.2) is 24.3 Å². The van der Waals surface area contributed by atoms with Gasteiger partial charge in [-0.25, -0.2) is 0 Å². The van der Waals surface area contributed by atoms with Crippen molar-refractivity contribution in [2.24, 2.45) is 0 Å². The third-order valence-electron chi connectivity index (χ3n) is 3.56. The smallest absolute Gasteiger partial charge is 0.224 e. The zero-order valence-corrected chi connectivity index (χ0v) is 12.2. The van der Waals surface area contributed by atoms with Gasteiger partial charge < -0.3 is 15.4 Å². The van der Waals surface area contributed by atoms with Crippen LogP contribution in [0.25, 0.3) is 0 Å². The quantitative estimate of drug-likeness (QED) is 0.840. The van der Waals surface area contributed by atoms with Crippen LogP contribution in [0.5, 0.6) is 0 Å². The number of carbonyl (C=O) groups is 1. The molecule has 1 fully saturated rings. The Labute approximate surface area is 120 Å². The summed E-state index contributed by atoms with van der Waals surface area (Å²) in [4.78, 5) is 11.9. The normalized spacial score (nSPS) is 18.8. The molecule has 2 N–H and O–H groups in total. The van der Waals surface area contributed by atoms with Crippen LogP contribution in [-0.2, 0) is 16.1 Å². The highest BCUT2D eigenvalue weighted by atomic mass is 16.5. The second-order valence-electron chi connectivity index (χ2n) is 5.31. The molecule has 0 unspecified atom stereocenters. The number of benzene rings is 1. The molecule has 1 heterocycles. The Bertz CT molecular complexity index is 428. The number of amides is 1. The Morgan fingerprint density at radius 1 is 1.40 bits per heavy atom. The highest BCUT2D eigenvalue weighted by Gasteiger charge is 2.15. The van der Waals surface area contributed by atoms with Crippen LogP contribution in [0.1, 0.15) is 37.7 Å². The molecular weight excluding hydrogens is 252 g/mol. The summed E-state index contributed by atoms with van der Waals surface area (Å²) in [6.45, 7) is 1.65. The predicted molar refractivity (Wildman–Crippen MR) is 80.7 cm³/mol. The molecule has 1 aromatic rings. The van der Waals surface area contributed by atoms with Gasteiger partial charge in [-0.15, -0.1) is 0 Å². The summed E-state index contributed by atoms with van der Waals surface area (Å²) in [7, 11) is 1.91. The van der Waals surface area contributed by atoms with Crippen LogP contribution < -0.4 is 10.6 Å². The molecule has 0 radical (unpaired) electrons. The molecular formula is C16H24N2O2. The fourth-order valence-electron chi connectivity index (χ4n) is 2.51. The topological polar surface area (TPSA) is 50.4 Å². The zero-order valence-electron chi connectivity index (χ0n) is 12.2. The minimum atomic E-state index is 0.0702. The van der Waals surface area contributed by atoms with E-state index in [1.807, 2.05) is 31.3 Å². The molecule has 0 aliphatic carbocycles. The first-order chi connectivity index (χ1) is 9.78. The minimum absolute atomic E-state index is 0.0702. The summed E-state index contributed by atoms with van der Waals surface area (Å²) >= 11 is 0. The fraction of sp³-hybridized carbons (Fsp3) is 0.562. The first kappa shape index (κ1) is 15.0. The summed E-state index contributed by atoms with van der Waals surface area (Å²) < 4.78 is 5.64. The summed E-state index contributed by atoms with van der Waals surface area (Å²) in [5, 5.41) is 6.06. The van der Waals surface area contributed by atoms with E-state index < -0.39 is 0 Å². The van der Waals surface area contributed by atoms with E-state index in [1.54, 1.807) is 0 Å². The number of anilines is 1. The number of hydrogen-bond donors (Lipinski definition) is 2. The van der Waals surface area contributed by atoms with Gasteiger partial charge >= 0.3 is 0 Å². The summed E-state index contributed by atoms with van der Waals surface area (Å²) in [5.74, 6) is 0.0702. The first-order valence-corrected chi connectivity index (χ1v) is 7.43. The Balaban J connectivity index is 1.77. The largest absolute Gasteiger partial charge is 0.378 e. The lowest BCUT2D eigenvalue weighted by Crippen LogP contribution is -2.21. The maximum absolute atomic E-state index is 11.9. The number of hydrogen-bond acceptors (Lipinski definition) is 3. The van der Waals surface area contributed by atoms with Gasteiger partial charge in [-0.05, 0) is 50.4 Å². The lowest BCUT2D eigenvalue weighted by molar-refractivity contribution is -0.117. The number of carbonyl (C=O) groups excluding carboxylic acids is 1. The van der Waals surface area contributed by atoms with Crippen LogP contribution >= 0.6 is 0 Å². The second-order valence-corrected chi connectivity index (χ2v) is 5.31. The maximum Gasteiger partial charge on any atom is 0.224 e. The Kier molecular flexibility index (Phi) is 6.02. The van der Waals surface area contributed by atoms with Crippen LogP contribution in [0.4, 0.5) is 5.69 Å². The van der Waals surface area contributed by atoms with Gasteiger partial charge in [-0.2, -0.15) is 0 Å². The third-order valence-corrected chi connectivity index (χ3v) is 3.56. The van der Waals surface area contributed by atoms with Gasteiger partial charge in [-0.3, -0.25) is 4.79 Å². The molecule has 1 aromatic carbocycles. The van der Waals surface area contributed by atoms with Crippen molar-refractivity contribution in [1.29, 1.82) is 0 Å². The molecule has 2 rings (SSSR count). The van der Waals surface area contributed by atoms with Gasteiger partial charge in [0.2, 0.25) is 5.91 Å². The highest BCUT2D eigenvalue weighted by molar-refractivity contribution is 5.90. The zero-order chi connectivity index (χ0) is 14.2. The Hall–Kier alpha value is -1.39. The number of nitrogens with one attached hydrogen (secondary N) is 2. The van der Waals surface area contributed by atoms with Crippen LogP contribution in [0, 0.1) is 0 Å². The van der Waals surface area contributed by atoms with Crippen LogP contribution in [-0.4, -0.2) is 25.7 Å². The maximum atomic E-state index is 11.9. The molecule has 4 nitrogen and oxygen atoms in total. The molecule has 1 aliphatic rings. The SMILES string of the molecule is CNCc1cccc(NC(=O)CC[C@H]2CCCCO2)c1. The van der Waals surface area contributed by atoms with Crippen LogP contribution in [0.3, 0.4) is 0 Å². The van der Waals surface area contributed by atoms with E-state index in [2.05, 4.69) is 10.6 Å². The van der Waals surface area contributed by atoms with Gasteiger partial charge in [0.15, 0.2) is 0 Å². The van der Waals surface area contributed by atoms with Crippen molar-refractivity contribution in [3.63, 3.8) is 0 Å². The molecule has 1 amide bonds. The van der Waals surface area contributed by atoms with Crippen molar-refractivity contribution < 1.29 is 9.53 Å². The highest BCUT2D eigenvalue weighted by Crippen LogP contribution is 2.17. The average Bonchev–Trinajstić information content (AvgIpc) is 2.47. The monoisotopic (exact) mass is 276 g/mol. The fourth-order valence-corrected chi connectivity index (χ4v) is 2.51. The molecule has 0 spiro atoms. The molecule has 0 bridgehead atoms. The molecule has 20 heavy (non-hydrogen) atoms. The third kappa shape index (κ3) is 4.94. The molecule has 1 saturated heterocycles. The van der Waals surface area contributed by atoms with E-state index in [0.29, 0.717) is 6.42 Å². The number of ether oxygens (including phenoxy) is 1. The van der Waals surface area contributed by atoms with E-state index in [0.717, 1.165) is 38.1 Å².